The first-order valence-electron chi connectivity index (χ1n) is 5.90. The number of anilines is 1. The average molecular weight is 262 g/mol. The Morgan fingerprint density at radius 1 is 1.05 bits per heavy atom. The second-order valence-electron chi connectivity index (χ2n) is 4.11. The molecule has 0 aliphatic rings. The van der Waals surface area contributed by atoms with Crippen molar-refractivity contribution >= 4 is 5.69 Å². The molecular formula is C14H10N6. The minimum atomic E-state index is 0.280. The molecule has 3 aromatic rings. The predicted molar refractivity (Wildman–Crippen MR) is 73.7 cm³/mol. The summed E-state index contributed by atoms with van der Waals surface area (Å²) in [5.41, 5.74) is 7.59. The van der Waals surface area contributed by atoms with Gasteiger partial charge in [-0.05, 0) is 24.3 Å². The summed E-state index contributed by atoms with van der Waals surface area (Å²) in [5.74, 6) is 1.34. The van der Waals surface area contributed by atoms with Crippen molar-refractivity contribution in [2.45, 2.75) is 0 Å². The fourth-order valence-corrected chi connectivity index (χ4v) is 1.84. The Morgan fingerprint density at radius 2 is 1.85 bits per heavy atom. The van der Waals surface area contributed by atoms with Crippen LogP contribution in [-0.4, -0.2) is 19.5 Å². The molecule has 0 aliphatic carbocycles. The van der Waals surface area contributed by atoms with Crippen molar-refractivity contribution in [3.63, 3.8) is 0 Å². The second kappa shape index (κ2) is 4.82. The van der Waals surface area contributed by atoms with Crippen LogP contribution in [0.25, 0.3) is 17.2 Å². The highest BCUT2D eigenvalue weighted by Gasteiger charge is 2.08. The van der Waals surface area contributed by atoms with Crippen LogP contribution in [0, 0.1) is 11.3 Å². The zero-order chi connectivity index (χ0) is 13.9. The summed E-state index contributed by atoms with van der Waals surface area (Å²) in [7, 11) is 0. The average Bonchev–Trinajstić information content (AvgIpc) is 2.97. The Labute approximate surface area is 115 Å². The highest BCUT2D eigenvalue weighted by molar-refractivity contribution is 5.60. The fraction of sp³-hybridized carbons (Fsp3) is 0. The zero-order valence-corrected chi connectivity index (χ0v) is 10.4. The molecular weight excluding hydrogens is 252 g/mol. The standard InChI is InChI=1S/C14H10N6/c15-7-12-8-19-13(9-18-12)20-6-5-17-14(20)10-1-3-11(16)4-2-10/h1-6,8-9H,16H2. The van der Waals surface area contributed by atoms with Gasteiger partial charge in [0.05, 0.1) is 12.4 Å². The third-order valence-corrected chi connectivity index (χ3v) is 2.81. The number of nitrogens with two attached hydrogens (primary N) is 1. The summed E-state index contributed by atoms with van der Waals surface area (Å²) in [5, 5.41) is 8.73. The first-order chi connectivity index (χ1) is 9.78. The van der Waals surface area contributed by atoms with Gasteiger partial charge in [-0.1, -0.05) is 0 Å². The minimum Gasteiger partial charge on any atom is -0.399 e. The molecule has 0 aliphatic heterocycles. The molecule has 0 unspecified atom stereocenters. The van der Waals surface area contributed by atoms with Crippen molar-refractivity contribution in [2.75, 3.05) is 5.73 Å². The van der Waals surface area contributed by atoms with E-state index in [0.717, 1.165) is 11.4 Å². The molecule has 0 atom stereocenters. The van der Waals surface area contributed by atoms with Crippen LogP contribution in [-0.2, 0) is 0 Å². The van der Waals surface area contributed by atoms with E-state index < -0.39 is 0 Å². The van der Waals surface area contributed by atoms with Crippen LogP contribution in [0.5, 0.6) is 0 Å². The Kier molecular flexibility index (Phi) is 2.86. The van der Waals surface area contributed by atoms with Gasteiger partial charge in [0.2, 0.25) is 0 Å². The van der Waals surface area contributed by atoms with E-state index in [1.165, 1.54) is 6.20 Å². The van der Waals surface area contributed by atoms with Crippen LogP contribution in [0.2, 0.25) is 0 Å². The van der Waals surface area contributed by atoms with Gasteiger partial charge in [-0.3, -0.25) is 4.57 Å². The number of nitrogen functional groups attached to an aromatic ring is 1. The van der Waals surface area contributed by atoms with E-state index >= 15 is 0 Å². The third kappa shape index (κ3) is 2.08. The van der Waals surface area contributed by atoms with Crippen molar-refractivity contribution in [3.8, 4) is 23.3 Å². The van der Waals surface area contributed by atoms with Crippen molar-refractivity contribution < 1.29 is 0 Å². The van der Waals surface area contributed by atoms with Gasteiger partial charge in [-0.15, -0.1) is 0 Å². The molecule has 1 aromatic carbocycles. The van der Waals surface area contributed by atoms with Crippen molar-refractivity contribution in [3.05, 3.63) is 54.7 Å². The molecule has 0 radical (unpaired) electrons. The molecule has 0 saturated heterocycles. The predicted octanol–water partition coefficient (Wildman–Crippen LogP) is 1.78. The summed E-state index contributed by atoms with van der Waals surface area (Å²) in [6.45, 7) is 0. The van der Waals surface area contributed by atoms with E-state index in [4.69, 9.17) is 11.0 Å². The lowest BCUT2D eigenvalue weighted by molar-refractivity contribution is 0.973. The van der Waals surface area contributed by atoms with E-state index in [1.807, 2.05) is 30.3 Å². The molecule has 0 amide bonds. The summed E-state index contributed by atoms with van der Waals surface area (Å²) in [4.78, 5) is 12.5. The molecule has 3 rings (SSSR count). The molecule has 2 aromatic heterocycles. The maximum Gasteiger partial charge on any atom is 0.158 e. The van der Waals surface area contributed by atoms with Gasteiger partial charge in [-0.2, -0.15) is 5.26 Å². The van der Waals surface area contributed by atoms with E-state index in [1.54, 1.807) is 23.2 Å². The van der Waals surface area contributed by atoms with Gasteiger partial charge in [0, 0.05) is 23.6 Å². The van der Waals surface area contributed by atoms with Gasteiger partial charge in [0.25, 0.3) is 0 Å². The number of nitrogens with zero attached hydrogens (tertiary/aromatic N) is 5. The molecule has 0 saturated carbocycles. The largest absolute Gasteiger partial charge is 0.399 e. The van der Waals surface area contributed by atoms with Crippen LogP contribution in [0.4, 0.5) is 5.69 Å². The molecule has 0 bridgehead atoms. The van der Waals surface area contributed by atoms with Gasteiger partial charge < -0.3 is 5.73 Å². The number of imidazole rings is 1. The van der Waals surface area contributed by atoms with Gasteiger partial charge in [-0.25, -0.2) is 15.0 Å². The minimum absolute atomic E-state index is 0.280. The summed E-state index contributed by atoms with van der Waals surface area (Å²) in [6, 6.07) is 9.36. The molecule has 96 valence electrons. The molecule has 0 spiro atoms. The molecule has 20 heavy (non-hydrogen) atoms. The van der Waals surface area contributed by atoms with Crippen LogP contribution >= 0.6 is 0 Å². The normalized spacial score (nSPS) is 10.2. The maximum absolute atomic E-state index is 8.73. The zero-order valence-electron chi connectivity index (χ0n) is 10.4. The number of benzene rings is 1. The molecule has 6 heteroatoms. The highest BCUT2D eigenvalue weighted by atomic mass is 15.1. The molecule has 6 nitrogen and oxygen atoms in total. The maximum atomic E-state index is 8.73. The van der Waals surface area contributed by atoms with Gasteiger partial charge in [0.15, 0.2) is 11.5 Å². The van der Waals surface area contributed by atoms with Crippen molar-refractivity contribution in [1.82, 2.24) is 19.5 Å². The lowest BCUT2D eigenvalue weighted by Gasteiger charge is -2.06. The van der Waals surface area contributed by atoms with E-state index in [-0.39, 0.29) is 5.69 Å². The van der Waals surface area contributed by atoms with Crippen LogP contribution in [0.1, 0.15) is 5.69 Å². The Bertz CT molecular complexity index is 765. The van der Waals surface area contributed by atoms with E-state index in [2.05, 4.69) is 15.0 Å². The van der Waals surface area contributed by atoms with Crippen molar-refractivity contribution in [1.29, 1.82) is 5.26 Å². The monoisotopic (exact) mass is 262 g/mol. The number of rotatable bonds is 2. The number of aromatic nitrogens is 4. The molecule has 2 N–H and O–H groups in total. The molecule has 2 heterocycles. The number of nitriles is 1. The van der Waals surface area contributed by atoms with Crippen molar-refractivity contribution in [2.24, 2.45) is 0 Å². The van der Waals surface area contributed by atoms with Crippen LogP contribution < -0.4 is 5.73 Å². The van der Waals surface area contributed by atoms with Crippen LogP contribution in [0.15, 0.2) is 49.1 Å². The first-order valence-corrected chi connectivity index (χ1v) is 5.90. The van der Waals surface area contributed by atoms with E-state index in [0.29, 0.717) is 11.5 Å². The van der Waals surface area contributed by atoms with Crippen LogP contribution in [0.3, 0.4) is 0 Å². The summed E-state index contributed by atoms with van der Waals surface area (Å²) >= 11 is 0. The first kappa shape index (κ1) is 11.9. The highest BCUT2D eigenvalue weighted by Crippen LogP contribution is 2.21. The fourth-order valence-electron chi connectivity index (χ4n) is 1.84. The smallest absolute Gasteiger partial charge is 0.158 e. The third-order valence-electron chi connectivity index (χ3n) is 2.81. The summed E-state index contributed by atoms with van der Waals surface area (Å²) < 4.78 is 1.81. The quantitative estimate of drug-likeness (QED) is 0.710. The number of hydrogen-bond acceptors (Lipinski definition) is 5. The summed E-state index contributed by atoms with van der Waals surface area (Å²) in [6.07, 6.45) is 6.45. The topological polar surface area (TPSA) is 93.4 Å². The Hall–Kier alpha value is -3.20. The SMILES string of the molecule is N#Cc1cnc(-n2ccnc2-c2ccc(N)cc2)cn1. The lowest BCUT2D eigenvalue weighted by atomic mass is 10.2. The lowest BCUT2D eigenvalue weighted by Crippen LogP contribution is -2.00. The van der Waals surface area contributed by atoms with E-state index in [9.17, 15) is 0 Å². The second-order valence-corrected chi connectivity index (χ2v) is 4.11. The Balaban J connectivity index is 2.05. The molecule has 0 fully saturated rings. The number of hydrogen-bond donors (Lipinski definition) is 1. The van der Waals surface area contributed by atoms with Gasteiger partial charge >= 0.3 is 0 Å². The van der Waals surface area contributed by atoms with Gasteiger partial charge in [0.1, 0.15) is 11.9 Å². The Morgan fingerprint density at radius 3 is 2.50 bits per heavy atom.